The van der Waals surface area contributed by atoms with E-state index in [4.69, 9.17) is 16.3 Å². The smallest absolute Gasteiger partial charge is 0.327 e. The minimum absolute atomic E-state index is 0.0594. The van der Waals surface area contributed by atoms with E-state index in [1.807, 2.05) is 20.8 Å². The Kier molecular flexibility index (Phi) is 2.15. The van der Waals surface area contributed by atoms with Crippen molar-refractivity contribution < 1.29 is 9.53 Å². The first-order valence-corrected chi connectivity index (χ1v) is 4.64. The van der Waals surface area contributed by atoms with Crippen LogP contribution in [0.4, 0.5) is 0 Å². The molecule has 3 heteroatoms. The van der Waals surface area contributed by atoms with Gasteiger partial charge < -0.3 is 4.74 Å². The van der Waals surface area contributed by atoms with Gasteiger partial charge in [0, 0.05) is 5.92 Å². The van der Waals surface area contributed by atoms with Crippen molar-refractivity contribution >= 4 is 17.6 Å². The molecular weight excluding hydrogens is 176 g/mol. The van der Waals surface area contributed by atoms with Crippen LogP contribution >= 0.6 is 11.6 Å². The highest BCUT2D eigenvalue weighted by atomic mass is 35.5. The summed E-state index contributed by atoms with van der Waals surface area (Å²) in [6, 6.07) is 0. The van der Waals surface area contributed by atoms with Crippen LogP contribution in [-0.4, -0.2) is 16.4 Å². The van der Waals surface area contributed by atoms with Crippen LogP contribution < -0.4 is 0 Å². The van der Waals surface area contributed by atoms with Gasteiger partial charge in [-0.15, -0.1) is 11.6 Å². The standard InChI is InChI=1S/C9H15ClO2/c1-5-8(3)6(2)9(4,10)7(11)12-8/h6H,5H2,1-4H3. The van der Waals surface area contributed by atoms with E-state index in [1.54, 1.807) is 6.92 Å². The average Bonchev–Trinajstić information content (AvgIpc) is 2.14. The van der Waals surface area contributed by atoms with Crippen LogP contribution in [0.5, 0.6) is 0 Å². The van der Waals surface area contributed by atoms with E-state index >= 15 is 0 Å². The summed E-state index contributed by atoms with van der Waals surface area (Å²) in [6.45, 7) is 7.62. The first-order chi connectivity index (χ1) is 5.34. The maximum absolute atomic E-state index is 11.3. The van der Waals surface area contributed by atoms with Gasteiger partial charge in [0.2, 0.25) is 0 Å². The molecule has 1 rings (SSSR count). The molecule has 0 aromatic rings. The van der Waals surface area contributed by atoms with Crippen molar-refractivity contribution in [1.29, 1.82) is 0 Å². The Bertz CT molecular complexity index is 213. The highest BCUT2D eigenvalue weighted by Crippen LogP contribution is 2.45. The maximum atomic E-state index is 11.3. The summed E-state index contributed by atoms with van der Waals surface area (Å²) in [5.74, 6) is -0.231. The number of halogens is 1. The molecule has 0 amide bonds. The fourth-order valence-electron chi connectivity index (χ4n) is 1.53. The zero-order chi connectivity index (χ0) is 9.57. The van der Waals surface area contributed by atoms with Gasteiger partial charge in [0.1, 0.15) is 10.5 Å². The predicted octanol–water partition coefficient (Wildman–Crippen LogP) is 2.35. The molecule has 0 spiro atoms. The monoisotopic (exact) mass is 190 g/mol. The van der Waals surface area contributed by atoms with Crippen LogP contribution in [0, 0.1) is 5.92 Å². The summed E-state index contributed by atoms with van der Waals surface area (Å²) in [7, 11) is 0. The number of alkyl halides is 1. The van der Waals surface area contributed by atoms with Gasteiger partial charge in [-0.1, -0.05) is 13.8 Å². The number of hydrogen-bond donors (Lipinski definition) is 0. The Labute approximate surface area is 78.2 Å². The molecule has 0 aliphatic carbocycles. The zero-order valence-electron chi connectivity index (χ0n) is 7.98. The molecule has 1 fully saturated rings. The lowest BCUT2D eigenvalue weighted by atomic mass is 9.82. The summed E-state index contributed by atoms with van der Waals surface area (Å²) in [5.41, 5.74) is -0.381. The summed E-state index contributed by atoms with van der Waals surface area (Å²) in [5, 5.41) is 0. The third-order valence-electron chi connectivity index (χ3n) is 3.16. The van der Waals surface area contributed by atoms with Gasteiger partial charge in [-0.3, -0.25) is 4.79 Å². The van der Waals surface area contributed by atoms with Crippen molar-refractivity contribution in [2.45, 2.75) is 44.6 Å². The lowest BCUT2D eigenvalue weighted by Crippen LogP contribution is -2.36. The van der Waals surface area contributed by atoms with Gasteiger partial charge in [-0.25, -0.2) is 0 Å². The van der Waals surface area contributed by atoms with E-state index in [0.29, 0.717) is 0 Å². The molecule has 0 aromatic carbocycles. The van der Waals surface area contributed by atoms with E-state index in [2.05, 4.69) is 0 Å². The number of ether oxygens (including phenoxy) is 1. The third-order valence-corrected chi connectivity index (χ3v) is 3.64. The lowest BCUT2D eigenvalue weighted by molar-refractivity contribution is -0.149. The first-order valence-electron chi connectivity index (χ1n) is 4.27. The lowest BCUT2D eigenvalue weighted by Gasteiger charge is -2.27. The molecule has 0 radical (unpaired) electrons. The van der Waals surface area contributed by atoms with Crippen molar-refractivity contribution in [1.82, 2.24) is 0 Å². The van der Waals surface area contributed by atoms with Crippen LogP contribution in [0.15, 0.2) is 0 Å². The molecule has 0 N–H and O–H groups in total. The second kappa shape index (κ2) is 2.63. The van der Waals surface area contributed by atoms with Crippen molar-refractivity contribution in [3.63, 3.8) is 0 Å². The van der Waals surface area contributed by atoms with Gasteiger partial charge >= 0.3 is 5.97 Å². The SMILES string of the molecule is CCC1(C)OC(=O)C(C)(Cl)C1C. The minimum atomic E-state index is -0.843. The van der Waals surface area contributed by atoms with E-state index in [9.17, 15) is 4.79 Å². The van der Waals surface area contributed by atoms with Gasteiger partial charge in [0.15, 0.2) is 0 Å². The van der Waals surface area contributed by atoms with Gasteiger partial charge in [-0.2, -0.15) is 0 Å². The number of hydrogen-bond acceptors (Lipinski definition) is 2. The number of rotatable bonds is 1. The molecule has 0 saturated carbocycles. The summed E-state index contributed by atoms with van der Waals surface area (Å²) in [6.07, 6.45) is 0.808. The highest BCUT2D eigenvalue weighted by Gasteiger charge is 2.56. The zero-order valence-corrected chi connectivity index (χ0v) is 8.73. The molecule has 3 atom stereocenters. The van der Waals surface area contributed by atoms with Gasteiger partial charge in [-0.05, 0) is 20.3 Å². The van der Waals surface area contributed by atoms with E-state index in [0.717, 1.165) is 6.42 Å². The third kappa shape index (κ3) is 1.13. The number of esters is 1. The molecule has 1 aliphatic heterocycles. The molecule has 2 nitrogen and oxygen atoms in total. The molecule has 1 saturated heterocycles. The predicted molar refractivity (Wildman–Crippen MR) is 48.2 cm³/mol. The molecule has 0 bridgehead atoms. The molecule has 1 aliphatic rings. The largest absolute Gasteiger partial charge is 0.458 e. The van der Waals surface area contributed by atoms with Crippen molar-refractivity contribution in [3.05, 3.63) is 0 Å². The van der Waals surface area contributed by atoms with Crippen LogP contribution in [0.25, 0.3) is 0 Å². The second-order valence-electron chi connectivity index (χ2n) is 3.85. The number of carbonyl (C=O) groups excluding carboxylic acids is 1. The van der Waals surface area contributed by atoms with Gasteiger partial charge in [0.25, 0.3) is 0 Å². The van der Waals surface area contributed by atoms with E-state index < -0.39 is 4.87 Å². The van der Waals surface area contributed by atoms with E-state index in [1.165, 1.54) is 0 Å². The Hall–Kier alpha value is -0.240. The Morgan fingerprint density at radius 3 is 2.25 bits per heavy atom. The second-order valence-corrected chi connectivity index (χ2v) is 4.64. The number of cyclic esters (lactones) is 1. The maximum Gasteiger partial charge on any atom is 0.327 e. The topological polar surface area (TPSA) is 26.3 Å². The van der Waals surface area contributed by atoms with Crippen molar-refractivity contribution in [3.8, 4) is 0 Å². The molecule has 3 unspecified atom stereocenters. The van der Waals surface area contributed by atoms with Crippen molar-refractivity contribution in [2.75, 3.05) is 0 Å². The van der Waals surface area contributed by atoms with Crippen LogP contribution in [-0.2, 0) is 9.53 Å². The van der Waals surface area contributed by atoms with Crippen LogP contribution in [0.3, 0.4) is 0 Å². The molecular formula is C9H15ClO2. The molecule has 0 aromatic heterocycles. The fourth-order valence-corrected chi connectivity index (χ4v) is 1.80. The summed E-state index contributed by atoms with van der Waals surface area (Å²) in [4.78, 5) is 10.5. The Balaban J connectivity index is 2.98. The van der Waals surface area contributed by atoms with Crippen LogP contribution in [0.2, 0.25) is 0 Å². The Morgan fingerprint density at radius 1 is 1.58 bits per heavy atom. The molecule has 1 heterocycles. The first kappa shape index (κ1) is 9.85. The Morgan fingerprint density at radius 2 is 2.08 bits per heavy atom. The summed E-state index contributed by atoms with van der Waals surface area (Å²) >= 11 is 6.06. The summed E-state index contributed by atoms with van der Waals surface area (Å²) < 4.78 is 5.25. The van der Waals surface area contributed by atoms with Crippen LogP contribution in [0.1, 0.15) is 34.1 Å². The fraction of sp³-hybridized carbons (Fsp3) is 0.889. The average molecular weight is 191 g/mol. The normalized spacial score (nSPS) is 47.8. The quantitative estimate of drug-likeness (QED) is 0.469. The van der Waals surface area contributed by atoms with E-state index in [-0.39, 0.29) is 17.5 Å². The highest BCUT2D eigenvalue weighted by molar-refractivity contribution is 6.34. The molecule has 12 heavy (non-hydrogen) atoms. The minimum Gasteiger partial charge on any atom is -0.458 e. The van der Waals surface area contributed by atoms with Gasteiger partial charge in [0.05, 0.1) is 0 Å². The molecule has 70 valence electrons. The van der Waals surface area contributed by atoms with Crippen molar-refractivity contribution in [2.24, 2.45) is 5.92 Å². The number of carbonyl (C=O) groups is 1.